The van der Waals surface area contributed by atoms with E-state index in [1.807, 2.05) is 0 Å². The first-order chi connectivity index (χ1) is 6.53. The molecule has 0 aliphatic rings. The molecule has 0 fully saturated rings. The SMILES string of the molecule is N#Cc1ncccc1OCC(F)(F)F. The smallest absolute Gasteiger partial charge is 0.422 e. The molecule has 6 heteroatoms. The van der Waals surface area contributed by atoms with E-state index in [-0.39, 0.29) is 11.4 Å². The summed E-state index contributed by atoms with van der Waals surface area (Å²) in [5, 5.41) is 8.47. The number of nitrogens with zero attached hydrogens (tertiary/aromatic N) is 2. The van der Waals surface area contributed by atoms with Crippen LogP contribution in [0.2, 0.25) is 0 Å². The zero-order chi connectivity index (χ0) is 10.6. The van der Waals surface area contributed by atoms with Crippen LogP contribution < -0.4 is 4.74 Å². The van der Waals surface area contributed by atoms with E-state index < -0.39 is 12.8 Å². The topological polar surface area (TPSA) is 45.9 Å². The van der Waals surface area contributed by atoms with Crippen molar-refractivity contribution in [2.24, 2.45) is 0 Å². The minimum Gasteiger partial charge on any atom is -0.481 e. The second-order valence-corrected chi connectivity index (χ2v) is 2.37. The van der Waals surface area contributed by atoms with Crippen molar-refractivity contribution in [1.82, 2.24) is 4.98 Å². The molecule has 0 bridgehead atoms. The summed E-state index contributed by atoms with van der Waals surface area (Å²) in [5.74, 6) is -0.160. The highest BCUT2D eigenvalue weighted by Crippen LogP contribution is 2.19. The number of alkyl halides is 3. The summed E-state index contributed by atoms with van der Waals surface area (Å²) in [4.78, 5) is 3.54. The first kappa shape index (κ1) is 10.3. The van der Waals surface area contributed by atoms with Crippen molar-refractivity contribution in [3.63, 3.8) is 0 Å². The first-order valence-electron chi connectivity index (χ1n) is 3.57. The largest absolute Gasteiger partial charge is 0.481 e. The predicted octanol–water partition coefficient (Wildman–Crippen LogP) is 1.89. The van der Waals surface area contributed by atoms with Crippen LogP contribution in [0.1, 0.15) is 5.69 Å². The Morgan fingerprint density at radius 2 is 2.21 bits per heavy atom. The molecule has 1 rings (SSSR count). The van der Waals surface area contributed by atoms with Crippen LogP contribution in [0.4, 0.5) is 13.2 Å². The number of hydrogen-bond acceptors (Lipinski definition) is 3. The highest BCUT2D eigenvalue weighted by molar-refractivity contribution is 5.36. The van der Waals surface area contributed by atoms with Gasteiger partial charge < -0.3 is 4.74 Å². The van der Waals surface area contributed by atoms with Crippen molar-refractivity contribution in [2.75, 3.05) is 6.61 Å². The van der Waals surface area contributed by atoms with E-state index in [2.05, 4.69) is 9.72 Å². The zero-order valence-corrected chi connectivity index (χ0v) is 6.88. The lowest BCUT2D eigenvalue weighted by molar-refractivity contribution is -0.153. The van der Waals surface area contributed by atoms with Gasteiger partial charge in [0.15, 0.2) is 18.1 Å². The predicted molar refractivity (Wildman–Crippen MR) is 40.5 cm³/mol. The zero-order valence-electron chi connectivity index (χ0n) is 6.88. The highest BCUT2D eigenvalue weighted by Gasteiger charge is 2.28. The lowest BCUT2D eigenvalue weighted by Gasteiger charge is -2.08. The molecule has 0 N–H and O–H groups in total. The van der Waals surface area contributed by atoms with Gasteiger partial charge >= 0.3 is 6.18 Å². The molecule has 1 aromatic heterocycles. The molecule has 0 aromatic carbocycles. The normalized spacial score (nSPS) is 10.7. The lowest BCUT2D eigenvalue weighted by atomic mass is 10.3. The van der Waals surface area contributed by atoms with Gasteiger partial charge in [0.2, 0.25) is 0 Å². The summed E-state index contributed by atoms with van der Waals surface area (Å²) in [7, 11) is 0. The molecule has 1 aromatic rings. The van der Waals surface area contributed by atoms with Crippen LogP contribution in [0, 0.1) is 11.3 Å². The number of ether oxygens (including phenoxy) is 1. The van der Waals surface area contributed by atoms with Crippen LogP contribution in [-0.4, -0.2) is 17.8 Å². The number of hydrogen-bond donors (Lipinski definition) is 0. The summed E-state index contributed by atoms with van der Waals surface area (Å²) in [5.41, 5.74) is -0.156. The third-order valence-corrected chi connectivity index (χ3v) is 1.27. The van der Waals surface area contributed by atoms with Gasteiger partial charge in [-0.2, -0.15) is 18.4 Å². The van der Waals surface area contributed by atoms with Gasteiger partial charge in [-0.3, -0.25) is 0 Å². The summed E-state index contributed by atoms with van der Waals surface area (Å²) >= 11 is 0. The van der Waals surface area contributed by atoms with Gasteiger partial charge in [-0.15, -0.1) is 0 Å². The van der Waals surface area contributed by atoms with Crippen molar-refractivity contribution in [1.29, 1.82) is 5.26 Å². The molecule has 0 spiro atoms. The Morgan fingerprint density at radius 1 is 1.50 bits per heavy atom. The number of halogens is 3. The molecule has 0 aliphatic carbocycles. The van der Waals surface area contributed by atoms with Crippen molar-refractivity contribution in [3.8, 4) is 11.8 Å². The molecular formula is C8H5F3N2O. The maximum Gasteiger partial charge on any atom is 0.422 e. The molecule has 3 nitrogen and oxygen atoms in total. The van der Waals surface area contributed by atoms with Crippen molar-refractivity contribution < 1.29 is 17.9 Å². The van der Waals surface area contributed by atoms with Gasteiger partial charge in [0.05, 0.1) is 0 Å². The van der Waals surface area contributed by atoms with Gasteiger partial charge in [0.1, 0.15) is 6.07 Å². The van der Waals surface area contributed by atoms with Crippen LogP contribution in [0.25, 0.3) is 0 Å². The summed E-state index contributed by atoms with van der Waals surface area (Å²) in [6.45, 7) is -1.42. The van der Waals surface area contributed by atoms with Gasteiger partial charge in [-0.1, -0.05) is 0 Å². The average molecular weight is 202 g/mol. The first-order valence-corrected chi connectivity index (χ1v) is 3.57. The van der Waals surface area contributed by atoms with Crippen LogP contribution in [0.15, 0.2) is 18.3 Å². The monoisotopic (exact) mass is 202 g/mol. The molecule has 74 valence electrons. The van der Waals surface area contributed by atoms with Crippen molar-refractivity contribution >= 4 is 0 Å². The second kappa shape index (κ2) is 3.96. The van der Waals surface area contributed by atoms with E-state index in [1.165, 1.54) is 18.3 Å². The number of pyridine rings is 1. The Bertz CT molecular complexity index is 356. The summed E-state index contributed by atoms with van der Waals surface area (Å²) in [6, 6.07) is 4.28. The van der Waals surface area contributed by atoms with Crippen molar-refractivity contribution in [3.05, 3.63) is 24.0 Å². The maximum atomic E-state index is 11.7. The van der Waals surface area contributed by atoms with Gasteiger partial charge in [0, 0.05) is 6.20 Å². The maximum absolute atomic E-state index is 11.7. The fourth-order valence-corrected chi connectivity index (χ4v) is 0.751. The summed E-state index contributed by atoms with van der Waals surface area (Å²) < 4.78 is 39.6. The number of rotatable bonds is 2. The third kappa shape index (κ3) is 2.94. The molecule has 0 unspecified atom stereocenters. The van der Waals surface area contributed by atoms with Gasteiger partial charge in [0.25, 0.3) is 0 Å². The molecule has 0 aliphatic heterocycles. The minimum absolute atomic E-state index is 0.156. The molecule has 0 saturated carbocycles. The van der Waals surface area contributed by atoms with Crippen LogP contribution >= 0.6 is 0 Å². The van der Waals surface area contributed by atoms with Gasteiger partial charge in [-0.05, 0) is 12.1 Å². The van der Waals surface area contributed by atoms with E-state index in [4.69, 9.17) is 5.26 Å². The van der Waals surface area contributed by atoms with Crippen LogP contribution in [0.3, 0.4) is 0 Å². The van der Waals surface area contributed by atoms with E-state index >= 15 is 0 Å². The van der Waals surface area contributed by atoms with E-state index in [9.17, 15) is 13.2 Å². The fraction of sp³-hybridized carbons (Fsp3) is 0.250. The Labute approximate surface area is 77.7 Å². The van der Waals surface area contributed by atoms with E-state index in [0.717, 1.165) is 0 Å². The number of aromatic nitrogens is 1. The molecular weight excluding hydrogens is 197 g/mol. The lowest BCUT2D eigenvalue weighted by Crippen LogP contribution is -2.19. The minimum atomic E-state index is -4.41. The number of nitriles is 1. The Kier molecular flexibility index (Phi) is 2.92. The fourth-order valence-electron chi connectivity index (χ4n) is 0.751. The highest BCUT2D eigenvalue weighted by atomic mass is 19.4. The Morgan fingerprint density at radius 3 is 2.79 bits per heavy atom. The standard InChI is InChI=1S/C8H5F3N2O/c9-8(10,11)5-14-7-2-1-3-13-6(7)4-12/h1-3H,5H2. The van der Waals surface area contributed by atoms with E-state index in [0.29, 0.717) is 0 Å². The third-order valence-electron chi connectivity index (χ3n) is 1.27. The summed E-state index contributed by atoms with van der Waals surface area (Å²) in [6.07, 6.45) is -3.11. The second-order valence-electron chi connectivity index (χ2n) is 2.37. The Balaban J connectivity index is 2.73. The Hall–Kier alpha value is -1.77. The quantitative estimate of drug-likeness (QED) is 0.735. The molecule has 0 amide bonds. The van der Waals surface area contributed by atoms with Crippen LogP contribution in [-0.2, 0) is 0 Å². The molecule has 0 atom stereocenters. The molecule has 0 saturated heterocycles. The molecule has 1 heterocycles. The average Bonchev–Trinajstić information content (AvgIpc) is 2.14. The molecule has 14 heavy (non-hydrogen) atoms. The van der Waals surface area contributed by atoms with Crippen LogP contribution in [0.5, 0.6) is 5.75 Å². The van der Waals surface area contributed by atoms with Gasteiger partial charge in [-0.25, -0.2) is 4.98 Å². The molecule has 0 radical (unpaired) electrons. The van der Waals surface area contributed by atoms with E-state index in [1.54, 1.807) is 6.07 Å². The van der Waals surface area contributed by atoms with Crippen molar-refractivity contribution in [2.45, 2.75) is 6.18 Å².